The third-order valence-electron chi connectivity index (χ3n) is 3.22. The highest BCUT2D eigenvalue weighted by Gasteiger charge is 2.15. The van der Waals surface area contributed by atoms with Crippen LogP contribution in [0.2, 0.25) is 5.02 Å². The maximum Gasteiger partial charge on any atom is 0.148 e. The zero-order valence-corrected chi connectivity index (χ0v) is 11.0. The van der Waals surface area contributed by atoms with E-state index in [1.54, 1.807) is 12.1 Å². The van der Waals surface area contributed by atoms with Gasteiger partial charge in [0, 0.05) is 24.2 Å². The van der Waals surface area contributed by atoms with Gasteiger partial charge in [0.1, 0.15) is 11.6 Å². The Morgan fingerprint density at radius 3 is 3.00 bits per heavy atom. The SMILES string of the molecule is Fc1ccc(-c2cc(NC3CCNC3)n[nH]2)cc1Cl. The number of H-pyrrole nitrogens is 1. The first-order valence-corrected chi connectivity index (χ1v) is 6.58. The molecule has 0 bridgehead atoms. The summed E-state index contributed by atoms with van der Waals surface area (Å²) < 4.78 is 13.1. The van der Waals surface area contributed by atoms with Crippen LogP contribution in [0.15, 0.2) is 24.3 Å². The lowest BCUT2D eigenvalue weighted by Crippen LogP contribution is -2.22. The monoisotopic (exact) mass is 280 g/mol. The predicted octanol–water partition coefficient (Wildman–Crippen LogP) is 2.64. The van der Waals surface area contributed by atoms with Crippen molar-refractivity contribution in [2.24, 2.45) is 0 Å². The number of benzene rings is 1. The Morgan fingerprint density at radius 1 is 1.37 bits per heavy atom. The Kier molecular flexibility index (Phi) is 3.40. The van der Waals surface area contributed by atoms with Crippen molar-refractivity contribution in [1.29, 1.82) is 0 Å². The molecule has 1 aromatic heterocycles. The molecule has 0 spiro atoms. The number of anilines is 1. The Hall–Kier alpha value is -1.59. The molecular weight excluding hydrogens is 267 g/mol. The van der Waals surface area contributed by atoms with Crippen LogP contribution in [0.5, 0.6) is 0 Å². The minimum absolute atomic E-state index is 0.113. The molecule has 0 aliphatic carbocycles. The minimum Gasteiger partial charge on any atom is -0.365 e. The normalized spacial score (nSPS) is 18.7. The van der Waals surface area contributed by atoms with Crippen molar-refractivity contribution in [1.82, 2.24) is 15.5 Å². The first-order chi connectivity index (χ1) is 9.22. The van der Waals surface area contributed by atoms with Crippen molar-refractivity contribution >= 4 is 17.4 Å². The number of aromatic amines is 1. The van der Waals surface area contributed by atoms with E-state index in [4.69, 9.17) is 11.6 Å². The van der Waals surface area contributed by atoms with Gasteiger partial charge in [0.25, 0.3) is 0 Å². The Balaban J connectivity index is 1.78. The molecular formula is C13H14ClFN4. The summed E-state index contributed by atoms with van der Waals surface area (Å²) in [5, 5.41) is 13.9. The largest absolute Gasteiger partial charge is 0.365 e. The van der Waals surface area contributed by atoms with E-state index in [0.29, 0.717) is 6.04 Å². The molecule has 1 atom stereocenters. The standard InChI is InChI=1S/C13H14ClFN4/c14-10-5-8(1-2-11(10)15)12-6-13(19-18-12)17-9-3-4-16-7-9/h1-2,5-6,9,16H,3-4,7H2,(H2,17,18,19). The molecule has 0 saturated carbocycles. The highest BCUT2D eigenvalue weighted by Crippen LogP contribution is 2.25. The quantitative estimate of drug-likeness (QED) is 0.810. The Morgan fingerprint density at radius 2 is 2.26 bits per heavy atom. The van der Waals surface area contributed by atoms with Crippen LogP contribution >= 0.6 is 11.6 Å². The fourth-order valence-corrected chi connectivity index (χ4v) is 2.37. The second-order valence-electron chi connectivity index (χ2n) is 4.63. The van der Waals surface area contributed by atoms with Crippen molar-refractivity contribution < 1.29 is 4.39 Å². The molecule has 1 saturated heterocycles. The zero-order chi connectivity index (χ0) is 13.2. The third-order valence-corrected chi connectivity index (χ3v) is 3.51. The van der Waals surface area contributed by atoms with Gasteiger partial charge in [-0.2, -0.15) is 5.10 Å². The van der Waals surface area contributed by atoms with Crippen LogP contribution in [0, 0.1) is 5.82 Å². The summed E-state index contributed by atoms with van der Waals surface area (Å²) in [6.07, 6.45) is 1.09. The number of nitrogens with one attached hydrogen (secondary N) is 3. The second kappa shape index (κ2) is 5.19. The maximum atomic E-state index is 13.1. The molecule has 2 heterocycles. The lowest BCUT2D eigenvalue weighted by Gasteiger charge is -2.08. The topological polar surface area (TPSA) is 52.7 Å². The average Bonchev–Trinajstić information content (AvgIpc) is 3.05. The van der Waals surface area contributed by atoms with Crippen LogP contribution in [0.3, 0.4) is 0 Å². The number of hydrogen-bond donors (Lipinski definition) is 3. The molecule has 0 amide bonds. The van der Waals surface area contributed by atoms with Crippen molar-refractivity contribution in [3.05, 3.63) is 35.1 Å². The Labute approximate surface area is 115 Å². The van der Waals surface area contributed by atoms with Gasteiger partial charge in [0.15, 0.2) is 0 Å². The highest BCUT2D eigenvalue weighted by atomic mass is 35.5. The van der Waals surface area contributed by atoms with Crippen LogP contribution in [0.1, 0.15) is 6.42 Å². The van der Waals surface area contributed by atoms with Crippen molar-refractivity contribution in [2.45, 2.75) is 12.5 Å². The average molecular weight is 281 g/mol. The Bertz CT molecular complexity index is 578. The third kappa shape index (κ3) is 2.72. The van der Waals surface area contributed by atoms with Gasteiger partial charge in [-0.3, -0.25) is 5.10 Å². The van der Waals surface area contributed by atoms with E-state index in [1.807, 2.05) is 6.07 Å². The molecule has 6 heteroatoms. The molecule has 3 rings (SSSR count). The van der Waals surface area contributed by atoms with Gasteiger partial charge in [0.2, 0.25) is 0 Å². The molecule has 100 valence electrons. The van der Waals surface area contributed by atoms with Gasteiger partial charge in [-0.15, -0.1) is 0 Å². The molecule has 2 aromatic rings. The van der Waals surface area contributed by atoms with Crippen molar-refractivity contribution in [3.8, 4) is 11.3 Å². The van der Waals surface area contributed by atoms with Gasteiger partial charge in [-0.05, 0) is 31.2 Å². The van der Waals surface area contributed by atoms with E-state index in [9.17, 15) is 4.39 Å². The molecule has 19 heavy (non-hydrogen) atoms. The van der Waals surface area contributed by atoms with Gasteiger partial charge in [-0.25, -0.2) is 4.39 Å². The van der Waals surface area contributed by atoms with Crippen LogP contribution in [-0.4, -0.2) is 29.3 Å². The summed E-state index contributed by atoms with van der Waals surface area (Å²) in [6, 6.07) is 6.93. The van der Waals surface area contributed by atoms with E-state index < -0.39 is 5.82 Å². The van der Waals surface area contributed by atoms with Gasteiger partial charge >= 0.3 is 0 Å². The van der Waals surface area contributed by atoms with Gasteiger partial charge in [-0.1, -0.05) is 11.6 Å². The predicted molar refractivity (Wildman–Crippen MR) is 73.9 cm³/mol. The summed E-state index contributed by atoms with van der Waals surface area (Å²) in [6.45, 7) is 1.98. The molecule has 0 radical (unpaired) electrons. The summed E-state index contributed by atoms with van der Waals surface area (Å²) in [4.78, 5) is 0. The molecule has 1 fully saturated rings. The minimum atomic E-state index is -0.416. The molecule has 1 aliphatic heterocycles. The second-order valence-corrected chi connectivity index (χ2v) is 5.04. The lowest BCUT2D eigenvalue weighted by atomic mass is 10.1. The molecule has 1 aliphatic rings. The van der Waals surface area contributed by atoms with Crippen LogP contribution in [0.25, 0.3) is 11.3 Å². The van der Waals surface area contributed by atoms with E-state index in [1.165, 1.54) is 6.07 Å². The molecule has 4 nitrogen and oxygen atoms in total. The number of hydrogen-bond acceptors (Lipinski definition) is 3. The van der Waals surface area contributed by atoms with E-state index in [2.05, 4.69) is 20.8 Å². The lowest BCUT2D eigenvalue weighted by molar-refractivity contribution is 0.628. The molecule has 1 unspecified atom stereocenters. The summed E-state index contributed by atoms with van der Waals surface area (Å²) >= 11 is 5.77. The zero-order valence-electron chi connectivity index (χ0n) is 10.2. The van der Waals surface area contributed by atoms with E-state index >= 15 is 0 Å². The number of rotatable bonds is 3. The summed E-state index contributed by atoms with van der Waals surface area (Å²) in [7, 11) is 0. The fraction of sp³-hybridized carbons (Fsp3) is 0.308. The first-order valence-electron chi connectivity index (χ1n) is 6.20. The smallest absolute Gasteiger partial charge is 0.148 e. The van der Waals surface area contributed by atoms with E-state index in [-0.39, 0.29) is 5.02 Å². The van der Waals surface area contributed by atoms with Gasteiger partial charge < -0.3 is 10.6 Å². The summed E-state index contributed by atoms with van der Waals surface area (Å²) in [5.41, 5.74) is 1.63. The van der Waals surface area contributed by atoms with Crippen LogP contribution in [0.4, 0.5) is 10.2 Å². The first kappa shape index (κ1) is 12.4. The summed E-state index contributed by atoms with van der Waals surface area (Å²) in [5.74, 6) is 0.379. The molecule has 1 aromatic carbocycles. The van der Waals surface area contributed by atoms with Crippen LogP contribution < -0.4 is 10.6 Å². The molecule has 3 N–H and O–H groups in total. The van der Waals surface area contributed by atoms with Crippen molar-refractivity contribution in [3.63, 3.8) is 0 Å². The van der Waals surface area contributed by atoms with E-state index in [0.717, 1.165) is 36.6 Å². The number of halogens is 2. The highest BCUT2D eigenvalue weighted by molar-refractivity contribution is 6.31. The van der Waals surface area contributed by atoms with Crippen molar-refractivity contribution in [2.75, 3.05) is 18.4 Å². The van der Waals surface area contributed by atoms with Gasteiger partial charge in [0.05, 0.1) is 10.7 Å². The van der Waals surface area contributed by atoms with Crippen LogP contribution in [-0.2, 0) is 0 Å². The number of nitrogens with zero attached hydrogens (tertiary/aromatic N) is 1. The fourth-order valence-electron chi connectivity index (χ4n) is 2.19. The number of aromatic nitrogens is 2. The maximum absolute atomic E-state index is 13.1.